The number of rotatable bonds is 0. The van der Waals surface area contributed by atoms with Crippen LogP contribution in [-0.2, 0) is 14.3 Å². The van der Waals surface area contributed by atoms with Crippen molar-refractivity contribution < 1.29 is 14.3 Å². The molecule has 2 atom stereocenters. The first-order chi connectivity index (χ1) is 6.68. The fourth-order valence-electron chi connectivity index (χ4n) is 2.73. The van der Waals surface area contributed by atoms with Crippen molar-refractivity contribution in [3.05, 3.63) is 0 Å². The number of carbonyl (C=O) groups excluding carboxylic acids is 1. The second-order valence-electron chi connectivity index (χ2n) is 5.96. The molecule has 0 aliphatic carbocycles. The molecule has 3 saturated heterocycles. The van der Waals surface area contributed by atoms with Gasteiger partial charge in [0.25, 0.3) is 0 Å². The van der Waals surface area contributed by atoms with Crippen molar-refractivity contribution in [1.82, 2.24) is 0 Å². The van der Waals surface area contributed by atoms with Crippen LogP contribution in [-0.4, -0.2) is 22.8 Å². The molecule has 0 amide bonds. The van der Waals surface area contributed by atoms with E-state index in [0.29, 0.717) is 0 Å². The Balaban J connectivity index is 2.48. The summed E-state index contributed by atoms with van der Waals surface area (Å²) in [4.78, 5) is 11.9. The molecule has 0 spiro atoms. The summed E-state index contributed by atoms with van der Waals surface area (Å²) in [6.07, 6.45) is 1.76. The minimum atomic E-state index is -0.535. The van der Waals surface area contributed by atoms with Crippen LogP contribution in [0.4, 0.5) is 0 Å². The molecule has 0 aromatic rings. The van der Waals surface area contributed by atoms with E-state index >= 15 is 0 Å². The van der Waals surface area contributed by atoms with Crippen LogP contribution < -0.4 is 0 Å². The molecule has 3 aliphatic rings. The number of hydrogen-bond donors (Lipinski definition) is 0. The fourth-order valence-corrected chi connectivity index (χ4v) is 2.73. The van der Waals surface area contributed by atoms with E-state index in [-0.39, 0.29) is 17.5 Å². The van der Waals surface area contributed by atoms with E-state index < -0.39 is 11.2 Å². The molecule has 0 N–H and O–H groups in total. The van der Waals surface area contributed by atoms with Crippen molar-refractivity contribution in [1.29, 1.82) is 0 Å². The first kappa shape index (κ1) is 10.9. The van der Waals surface area contributed by atoms with Gasteiger partial charge in [-0.2, -0.15) is 0 Å². The maximum atomic E-state index is 11.9. The van der Waals surface area contributed by atoms with Crippen LogP contribution in [0.1, 0.15) is 47.5 Å². The van der Waals surface area contributed by atoms with E-state index in [0.717, 1.165) is 12.8 Å². The average molecular weight is 212 g/mol. The Labute approximate surface area is 91.1 Å². The Morgan fingerprint density at radius 2 is 1.80 bits per heavy atom. The molecule has 3 aliphatic heterocycles. The van der Waals surface area contributed by atoms with E-state index in [1.165, 1.54) is 0 Å². The topological polar surface area (TPSA) is 35.5 Å². The Morgan fingerprint density at radius 1 is 1.20 bits per heavy atom. The zero-order valence-corrected chi connectivity index (χ0v) is 10.2. The number of esters is 1. The summed E-state index contributed by atoms with van der Waals surface area (Å²) in [5, 5.41) is 0. The van der Waals surface area contributed by atoms with Crippen LogP contribution >= 0.6 is 0 Å². The molecular formula is C12H20O3. The highest BCUT2D eigenvalue weighted by atomic mass is 16.6. The maximum Gasteiger partial charge on any atom is 0.312 e. The highest BCUT2D eigenvalue weighted by Crippen LogP contribution is 2.49. The average Bonchev–Trinajstić information content (AvgIpc) is 2.09. The van der Waals surface area contributed by atoms with Gasteiger partial charge in [0.15, 0.2) is 0 Å². The Morgan fingerprint density at radius 3 is 2.33 bits per heavy atom. The Bertz CT molecular complexity index is 306. The van der Waals surface area contributed by atoms with Gasteiger partial charge in [0, 0.05) is 0 Å². The van der Waals surface area contributed by atoms with E-state index in [4.69, 9.17) is 9.47 Å². The molecule has 3 rings (SSSR count). The van der Waals surface area contributed by atoms with Crippen LogP contribution in [0.3, 0.4) is 0 Å². The SMILES string of the molecule is CC1(C)O[C@]2(C)CC[C@H]1C(=O)OC2(C)C. The molecule has 0 unspecified atom stereocenters. The van der Waals surface area contributed by atoms with Crippen LogP contribution in [0.5, 0.6) is 0 Å². The molecule has 0 saturated carbocycles. The number of ether oxygens (including phenoxy) is 2. The van der Waals surface area contributed by atoms with Gasteiger partial charge in [0.1, 0.15) is 11.2 Å². The van der Waals surface area contributed by atoms with Gasteiger partial charge in [-0.05, 0) is 47.5 Å². The lowest BCUT2D eigenvalue weighted by Gasteiger charge is -2.47. The molecule has 86 valence electrons. The minimum absolute atomic E-state index is 0.105. The smallest absolute Gasteiger partial charge is 0.312 e. The molecule has 3 fully saturated rings. The lowest BCUT2D eigenvalue weighted by atomic mass is 9.75. The monoisotopic (exact) mass is 212 g/mol. The van der Waals surface area contributed by atoms with Crippen molar-refractivity contribution in [2.24, 2.45) is 5.92 Å². The zero-order valence-electron chi connectivity index (χ0n) is 10.2. The Hall–Kier alpha value is -0.570. The number of fused-ring (bicyclic) bond motifs is 4. The molecular weight excluding hydrogens is 192 g/mol. The third-order valence-electron chi connectivity index (χ3n) is 4.15. The minimum Gasteiger partial charge on any atom is -0.456 e. The molecule has 15 heavy (non-hydrogen) atoms. The summed E-state index contributed by atoms with van der Waals surface area (Å²) in [6, 6.07) is 0. The van der Waals surface area contributed by atoms with Crippen molar-refractivity contribution in [3.63, 3.8) is 0 Å². The summed E-state index contributed by atoms with van der Waals surface area (Å²) < 4.78 is 11.7. The van der Waals surface area contributed by atoms with E-state index in [2.05, 4.69) is 0 Å². The van der Waals surface area contributed by atoms with Crippen molar-refractivity contribution >= 4 is 5.97 Å². The summed E-state index contributed by atoms with van der Waals surface area (Å²) in [5.41, 5.74) is -1.30. The van der Waals surface area contributed by atoms with Gasteiger partial charge in [0.2, 0.25) is 0 Å². The van der Waals surface area contributed by atoms with Gasteiger partial charge in [-0.1, -0.05) is 0 Å². The quantitative estimate of drug-likeness (QED) is 0.578. The van der Waals surface area contributed by atoms with Crippen LogP contribution in [0, 0.1) is 5.92 Å². The lowest BCUT2D eigenvalue weighted by Crippen LogP contribution is -2.55. The number of hydrogen-bond acceptors (Lipinski definition) is 3. The first-order valence-corrected chi connectivity index (χ1v) is 5.61. The predicted molar refractivity (Wildman–Crippen MR) is 56.5 cm³/mol. The summed E-state index contributed by atoms with van der Waals surface area (Å²) >= 11 is 0. The van der Waals surface area contributed by atoms with Gasteiger partial charge < -0.3 is 9.47 Å². The van der Waals surface area contributed by atoms with E-state index in [1.54, 1.807) is 0 Å². The highest BCUT2D eigenvalue weighted by Gasteiger charge is 2.59. The lowest BCUT2D eigenvalue weighted by molar-refractivity contribution is -0.221. The maximum absolute atomic E-state index is 11.9. The predicted octanol–water partition coefficient (Wildman–Crippen LogP) is 2.29. The second kappa shape index (κ2) is 2.76. The highest BCUT2D eigenvalue weighted by molar-refractivity contribution is 5.75. The van der Waals surface area contributed by atoms with Gasteiger partial charge in [-0.15, -0.1) is 0 Å². The molecule has 0 radical (unpaired) electrons. The molecule has 3 heterocycles. The van der Waals surface area contributed by atoms with E-state index in [9.17, 15) is 4.79 Å². The van der Waals surface area contributed by atoms with E-state index in [1.807, 2.05) is 34.6 Å². The van der Waals surface area contributed by atoms with Gasteiger partial charge in [0.05, 0.1) is 11.5 Å². The molecule has 0 aromatic carbocycles. The third-order valence-corrected chi connectivity index (χ3v) is 4.15. The number of carbonyl (C=O) groups is 1. The summed E-state index contributed by atoms with van der Waals surface area (Å²) in [7, 11) is 0. The van der Waals surface area contributed by atoms with Gasteiger partial charge in [-0.25, -0.2) is 0 Å². The normalized spacial score (nSPS) is 42.2. The van der Waals surface area contributed by atoms with Crippen molar-refractivity contribution in [2.75, 3.05) is 0 Å². The van der Waals surface area contributed by atoms with Crippen LogP contribution in [0.15, 0.2) is 0 Å². The summed E-state index contributed by atoms with van der Waals surface area (Å²) in [5.74, 6) is -0.224. The molecule has 2 bridgehead atoms. The Kier molecular flexibility index (Phi) is 2.01. The molecule has 0 aromatic heterocycles. The van der Waals surface area contributed by atoms with Gasteiger partial charge in [-0.3, -0.25) is 4.79 Å². The molecule has 3 heteroatoms. The van der Waals surface area contributed by atoms with Crippen molar-refractivity contribution in [3.8, 4) is 0 Å². The van der Waals surface area contributed by atoms with Crippen molar-refractivity contribution in [2.45, 2.75) is 64.3 Å². The van der Waals surface area contributed by atoms with Crippen LogP contribution in [0.25, 0.3) is 0 Å². The standard InChI is InChI=1S/C12H20O3/c1-10(2)8-6-7-12(5,15-10)11(3,4)14-9(8)13/h8H,6-7H2,1-5H3/t8-,12+/m0/s1. The van der Waals surface area contributed by atoms with Crippen LogP contribution in [0.2, 0.25) is 0 Å². The summed E-state index contributed by atoms with van der Waals surface area (Å²) in [6.45, 7) is 9.89. The zero-order chi connectivity index (χ0) is 11.5. The first-order valence-electron chi connectivity index (χ1n) is 5.61. The largest absolute Gasteiger partial charge is 0.456 e. The van der Waals surface area contributed by atoms with Gasteiger partial charge >= 0.3 is 5.97 Å². The fraction of sp³-hybridized carbons (Fsp3) is 0.917. The molecule has 3 nitrogen and oxygen atoms in total. The third kappa shape index (κ3) is 1.40. The second-order valence-corrected chi connectivity index (χ2v) is 5.96.